The Kier molecular flexibility index (Phi) is 5.61. The number of Topliss-reactive ketones (excluding diaryl/α,β-unsaturated/α-hetero) is 1. The van der Waals surface area contributed by atoms with Crippen molar-refractivity contribution < 1.29 is 9.59 Å². The van der Waals surface area contributed by atoms with Gasteiger partial charge in [-0.25, -0.2) is 4.98 Å². The molecule has 5 nitrogen and oxygen atoms in total. The predicted octanol–water partition coefficient (Wildman–Crippen LogP) is 4.46. The first kappa shape index (κ1) is 18.3. The van der Waals surface area contributed by atoms with E-state index in [2.05, 4.69) is 34.7 Å². The van der Waals surface area contributed by atoms with Gasteiger partial charge in [-0.3, -0.25) is 9.59 Å². The maximum Gasteiger partial charge on any atom is 0.274 e. The highest BCUT2D eigenvalue weighted by Crippen LogP contribution is 2.14. The summed E-state index contributed by atoms with van der Waals surface area (Å²) in [5.41, 5.74) is 4.71. The second-order valence-corrected chi connectivity index (χ2v) is 6.30. The fraction of sp³-hybridized carbons (Fsp3) is 0.136. The molecule has 0 saturated carbocycles. The fourth-order valence-electron chi connectivity index (χ4n) is 2.65. The van der Waals surface area contributed by atoms with Gasteiger partial charge in [0.1, 0.15) is 5.69 Å². The zero-order chi connectivity index (χ0) is 19.2. The summed E-state index contributed by atoms with van der Waals surface area (Å²) in [7, 11) is 0. The van der Waals surface area contributed by atoms with E-state index in [9.17, 15) is 9.59 Å². The number of carbonyl (C=O) groups is 2. The van der Waals surface area contributed by atoms with Gasteiger partial charge >= 0.3 is 0 Å². The minimum atomic E-state index is -0.318. The van der Waals surface area contributed by atoms with Crippen molar-refractivity contribution in [2.45, 2.75) is 20.4 Å². The van der Waals surface area contributed by atoms with Crippen LogP contribution in [0.4, 0.5) is 11.4 Å². The van der Waals surface area contributed by atoms with Gasteiger partial charge in [0.2, 0.25) is 0 Å². The summed E-state index contributed by atoms with van der Waals surface area (Å²) in [6.45, 7) is 4.26. The van der Waals surface area contributed by atoms with Crippen molar-refractivity contribution in [1.29, 1.82) is 0 Å². The number of aromatic nitrogens is 1. The molecule has 1 amide bonds. The fourth-order valence-corrected chi connectivity index (χ4v) is 2.65. The lowest BCUT2D eigenvalue weighted by molar-refractivity contribution is 0.100. The van der Waals surface area contributed by atoms with Crippen LogP contribution in [0, 0.1) is 6.92 Å². The van der Waals surface area contributed by atoms with E-state index in [1.54, 1.807) is 36.5 Å². The maximum absolute atomic E-state index is 12.4. The lowest BCUT2D eigenvalue weighted by Gasteiger charge is -2.09. The Labute approximate surface area is 158 Å². The van der Waals surface area contributed by atoms with Crippen molar-refractivity contribution in [3.05, 3.63) is 89.2 Å². The average Bonchev–Trinajstić information content (AvgIpc) is 2.68. The molecule has 0 saturated heterocycles. The lowest BCUT2D eigenvalue weighted by Crippen LogP contribution is -2.14. The average molecular weight is 359 g/mol. The van der Waals surface area contributed by atoms with Crippen LogP contribution in [0.15, 0.2) is 66.9 Å². The van der Waals surface area contributed by atoms with Crippen LogP contribution in [0.5, 0.6) is 0 Å². The summed E-state index contributed by atoms with van der Waals surface area (Å²) in [6.07, 6.45) is 1.64. The molecule has 0 aliphatic heterocycles. The molecule has 1 aromatic heterocycles. The number of anilines is 2. The number of ketones is 1. The normalized spacial score (nSPS) is 10.3. The number of nitrogens with zero attached hydrogens (tertiary/aromatic N) is 1. The van der Waals surface area contributed by atoms with Gasteiger partial charge in [0.15, 0.2) is 5.78 Å². The molecule has 2 N–H and O–H groups in total. The molecule has 0 aliphatic carbocycles. The molecule has 0 atom stereocenters. The summed E-state index contributed by atoms with van der Waals surface area (Å²) < 4.78 is 0. The molecule has 0 bridgehead atoms. The maximum atomic E-state index is 12.4. The number of carbonyl (C=O) groups excluding carboxylic acids is 2. The van der Waals surface area contributed by atoms with E-state index in [0.29, 0.717) is 23.5 Å². The van der Waals surface area contributed by atoms with Gasteiger partial charge in [-0.05, 0) is 49.2 Å². The highest BCUT2D eigenvalue weighted by Gasteiger charge is 2.09. The molecule has 5 heteroatoms. The van der Waals surface area contributed by atoms with Crippen LogP contribution in [0.25, 0.3) is 0 Å². The first-order valence-corrected chi connectivity index (χ1v) is 8.70. The van der Waals surface area contributed by atoms with Gasteiger partial charge in [0, 0.05) is 17.8 Å². The molecule has 3 rings (SSSR count). The summed E-state index contributed by atoms with van der Waals surface area (Å²) in [6, 6.07) is 18.5. The van der Waals surface area contributed by atoms with Gasteiger partial charge < -0.3 is 10.6 Å². The van der Waals surface area contributed by atoms with Crippen molar-refractivity contribution in [2.24, 2.45) is 0 Å². The molecule has 2 aromatic carbocycles. The Balaban J connectivity index is 1.63. The van der Waals surface area contributed by atoms with E-state index in [-0.39, 0.29) is 11.7 Å². The van der Waals surface area contributed by atoms with Crippen molar-refractivity contribution in [2.75, 3.05) is 10.6 Å². The third kappa shape index (κ3) is 4.79. The first-order valence-electron chi connectivity index (χ1n) is 8.70. The van der Waals surface area contributed by atoms with E-state index in [4.69, 9.17) is 0 Å². The predicted molar refractivity (Wildman–Crippen MR) is 107 cm³/mol. The highest BCUT2D eigenvalue weighted by molar-refractivity contribution is 6.04. The topological polar surface area (TPSA) is 71.1 Å². The molecule has 0 fully saturated rings. The van der Waals surface area contributed by atoms with E-state index in [1.165, 1.54) is 18.1 Å². The molecular formula is C22H21N3O2. The van der Waals surface area contributed by atoms with Crippen LogP contribution in [0.3, 0.4) is 0 Å². The zero-order valence-electron chi connectivity index (χ0n) is 15.3. The smallest absolute Gasteiger partial charge is 0.274 e. The molecule has 0 spiro atoms. The highest BCUT2D eigenvalue weighted by atomic mass is 16.2. The number of amides is 1. The van der Waals surface area contributed by atoms with Crippen molar-refractivity contribution in [3.63, 3.8) is 0 Å². The zero-order valence-corrected chi connectivity index (χ0v) is 15.3. The summed E-state index contributed by atoms with van der Waals surface area (Å²) >= 11 is 0. The number of benzene rings is 2. The third-order valence-electron chi connectivity index (χ3n) is 4.27. The van der Waals surface area contributed by atoms with E-state index in [1.807, 2.05) is 18.2 Å². The number of nitrogens with one attached hydrogen (secondary N) is 2. The van der Waals surface area contributed by atoms with Crippen LogP contribution < -0.4 is 10.6 Å². The van der Waals surface area contributed by atoms with Gasteiger partial charge in [-0.15, -0.1) is 0 Å². The van der Waals surface area contributed by atoms with Crippen LogP contribution in [-0.2, 0) is 6.54 Å². The Hall–Kier alpha value is -3.47. The molecule has 136 valence electrons. The van der Waals surface area contributed by atoms with Gasteiger partial charge in [-0.2, -0.15) is 0 Å². The number of pyridine rings is 1. The second-order valence-electron chi connectivity index (χ2n) is 6.30. The SMILES string of the molecule is CC(=O)c1cccc(NC(=O)c2ccc(NCc3ccccc3C)cn2)c1. The molecule has 0 radical (unpaired) electrons. The molecule has 0 unspecified atom stereocenters. The second kappa shape index (κ2) is 8.27. The summed E-state index contributed by atoms with van der Waals surface area (Å²) in [5.74, 6) is -0.366. The van der Waals surface area contributed by atoms with Crippen LogP contribution in [0.2, 0.25) is 0 Å². The van der Waals surface area contributed by atoms with E-state index < -0.39 is 0 Å². The molecule has 3 aromatic rings. The first-order chi connectivity index (χ1) is 13.0. The minimum absolute atomic E-state index is 0.0479. The monoisotopic (exact) mass is 359 g/mol. The van der Waals surface area contributed by atoms with Gasteiger partial charge in [0.25, 0.3) is 5.91 Å². The molecule has 0 aliphatic rings. The number of hydrogen-bond acceptors (Lipinski definition) is 4. The van der Waals surface area contributed by atoms with E-state index in [0.717, 1.165) is 5.69 Å². The van der Waals surface area contributed by atoms with Gasteiger partial charge in [0.05, 0.1) is 11.9 Å². The third-order valence-corrected chi connectivity index (χ3v) is 4.27. The largest absolute Gasteiger partial charge is 0.380 e. The van der Waals surface area contributed by atoms with E-state index >= 15 is 0 Å². The Morgan fingerprint density at radius 3 is 2.48 bits per heavy atom. The number of hydrogen-bond donors (Lipinski definition) is 2. The summed E-state index contributed by atoms with van der Waals surface area (Å²) in [5, 5.41) is 6.07. The van der Waals surface area contributed by atoms with Gasteiger partial charge in [-0.1, -0.05) is 36.4 Å². The van der Waals surface area contributed by atoms with Crippen LogP contribution in [0.1, 0.15) is 38.9 Å². The Morgan fingerprint density at radius 1 is 0.963 bits per heavy atom. The van der Waals surface area contributed by atoms with Crippen LogP contribution >= 0.6 is 0 Å². The minimum Gasteiger partial charge on any atom is -0.380 e. The standard InChI is InChI=1S/C22H21N3O2/c1-15-6-3-4-7-18(15)13-23-20-10-11-21(24-14-20)22(27)25-19-9-5-8-17(12-19)16(2)26/h3-12,14,23H,13H2,1-2H3,(H,25,27). The lowest BCUT2D eigenvalue weighted by atomic mass is 10.1. The Morgan fingerprint density at radius 2 is 1.78 bits per heavy atom. The quantitative estimate of drug-likeness (QED) is 0.638. The molecular weight excluding hydrogens is 338 g/mol. The van der Waals surface area contributed by atoms with Crippen LogP contribution in [-0.4, -0.2) is 16.7 Å². The van der Waals surface area contributed by atoms with Crippen molar-refractivity contribution in [1.82, 2.24) is 4.98 Å². The molecule has 1 heterocycles. The number of aryl methyl sites for hydroxylation is 1. The van der Waals surface area contributed by atoms with Crippen molar-refractivity contribution in [3.8, 4) is 0 Å². The van der Waals surface area contributed by atoms with Crippen molar-refractivity contribution >= 4 is 23.1 Å². The summed E-state index contributed by atoms with van der Waals surface area (Å²) in [4.78, 5) is 28.0. The number of rotatable bonds is 6. The molecule has 27 heavy (non-hydrogen) atoms. The Bertz CT molecular complexity index is 965.